The third kappa shape index (κ3) is 1.66. The van der Waals surface area contributed by atoms with E-state index in [2.05, 4.69) is 15.2 Å². The summed E-state index contributed by atoms with van der Waals surface area (Å²) in [7, 11) is 0. The number of nitrogens with zero attached hydrogens (tertiary/aromatic N) is 2. The Bertz CT molecular complexity index is 462. The van der Waals surface area contributed by atoms with Crippen LogP contribution in [0.15, 0.2) is 17.5 Å². The molecular formula is C11H14N4S. The molecule has 2 aromatic heterocycles. The largest absolute Gasteiger partial charge is 0.327 e. The minimum atomic E-state index is 0.240. The number of hydrogen-bond acceptors (Lipinski definition) is 4. The predicted octanol–water partition coefficient (Wildman–Crippen LogP) is 2.13. The maximum atomic E-state index is 6.05. The fraction of sp³-hybridized carbons (Fsp3) is 0.455. The Morgan fingerprint density at radius 3 is 3.06 bits per heavy atom. The van der Waals surface area contributed by atoms with Crippen LogP contribution in [0, 0.1) is 0 Å². The Morgan fingerprint density at radius 1 is 1.44 bits per heavy atom. The van der Waals surface area contributed by atoms with Crippen molar-refractivity contribution >= 4 is 11.3 Å². The first kappa shape index (κ1) is 9.99. The molecule has 3 rings (SSSR count). The second-order valence-electron chi connectivity index (χ2n) is 4.22. The van der Waals surface area contributed by atoms with Gasteiger partial charge in [-0.1, -0.05) is 12.5 Å². The van der Waals surface area contributed by atoms with Gasteiger partial charge in [0.25, 0.3) is 0 Å². The van der Waals surface area contributed by atoms with Gasteiger partial charge in [0.15, 0.2) is 5.82 Å². The number of rotatable bonds is 2. The van der Waals surface area contributed by atoms with Crippen LogP contribution >= 0.6 is 11.3 Å². The molecule has 2 atom stereocenters. The van der Waals surface area contributed by atoms with E-state index in [1.54, 1.807) is 11.3 Å². The normalized spacial score (nSPS) is 25.1. The van der Waals surface area contributed by atoms with Crippen molar-refractivity contribution in [1.82, 2.24) is 15.2 Å². The molecule has 84 valence electrons. The van der Waals surface area contributed by atoms with E-state index in [0.717, 1.165) is 29.4 Å². The first-order valence-electron chi connectivity index (χ1n) is 5.56. The molecule has 0 aromatic carbocycles. The van der Waals surface area contributed by atoms with Crippen molar-refractivity contribution in [1.29, 1.82) is 0 Å². The molecule has 1 aliphatic carbocycles. The maximum absolute atomic E-state index is 6.05. The van der Waals surface area contributed by atoms with E-state index in [1.807, 2.05) is 17.5 Å². The van der Waals surface area contributed by atoms with Gasteiger partial charge >= 0.3 is 0 Å². The summed E-state index contributed by atoms with van der Waals surface area (Å²) < 4.78 is 0. The average Bonchev–Trinajstić information content (AvgIpc) is 2.96. The van der Waals surface area contributed by atoms with E-state index >= 15 is 0 Å². The van der Waals surface area contributed by atoms with Crippen LogP contribution in [0.1, 0.15) is 31.0 Å². The molecular weight excluding hydrogens is 220 g/mol. The second-order valence-corrected chi connectivity index (χ2v) is 5.17. The van der Waals surface area contributed by atoms with Gasteiger partial charge in [-0.05, 0) is 24.3 Å². The molecule has 2 heterocycles. The molecule has 3 N–H and O–H groups in total. The van der Waals surface area contributed by atoms with E-state index < -0.39 is 0 Å². The Balaban J connectivity index is 1.88. The minimum absolute atomic E-state index is 0.240. The molecule has 1 saturated carbocycles. The van der Waals surface area contributed by atoms with E-state index in [-0.39, 0.29) is 6.04 Å². The van der Waals surface area contributed by atoms with Crippen LogP contribution in [0.4, 0.5) is 0 Å². The van der Waals surface area contributed by atoms with E-state index in [4.69, 9.17) is 5.73 Å². The van der Waals surface area contributed by atoms with Gasteiger partial charge in [-0.15, -0.1) is 11.3 Å². The monoisotopic (exact) mass is 234 g/mol. The summed E-state index contributed by atoms with van der Waals surface area (Å²) in [6.45, 7) is 0. The van der Waals surface area contributed by atoms with Gasteiger partial charge < -0.3 is 5.73 Å². The van der Waals surface area contributed by atoms with Crippen LogP contribution < -0.4 is 5.73 Å². The molecule has 0 amide bonds. The summed E-state index contributed by atoms with van der Waals surface area (Å²) in [4.78, 5) is 5.65. The smallest absolute Gasteiger partial charge is 0.191 e. The first-order valence-corrected chi connectivity index (χ1v) is 6.44. The van der Waals surface area contributed by atoms with Crippen LogP contribution in [0.3, 0.4) is 0 Å². The standard InChI is InChI=1S/C11H14N4S/c12-8-4-1-3-7(8)10-13-11(15-14-10)9-5-2-6-16-9/h2,5-8H,1,3-4,12H2,(H,13,14,15). The first-order chi connectivity index (χ1) is 7.84. The Kier molecular flexibility index (Phi) is 2.49. The number of aromatic amines is 1. The van der Waals surface area contributed by atoms with Crippen molar-refractivity contribution in [3.05, 3.63) is 23.3 Å². The topological polar surface area (TPSA) is 67.6 Å². The zero-order chi connectivity index (χ0) is 11.0. The van der Waals surface area contributed by atoms with Crippen molar-refractivity contribution in [2.45, 2.75) is 31.2 Å². The molecule has 4 nitrogen and oxygen atoms in total. The lowest BCUT2D eigenvalue weighted by atomic mass is 10.0. The molecule has 5 heteroatoms. The molecule has 2 aromatic rings. The zero-order valence-corrected chi connectivity index (χ0v) is 9.70. The lowest BCUT2D eigenvalue weighted by molar-refractivity contribution is 0.583. The van der Waals surface area contributed by atoms with Gasteiger partial charge in [0, 0.05) is 12.0 Å². The summed E-state index contributed by atoms with van der Waals surface area (Å²) in [5, 5.41) is 9.32. The number of aromatic nitrogens is 3. The number of H-pyrrole nitrogens is 1. The third-order valence-electron chi connectivity index (χ3n) is 3.16. The Morgan fingerprint density at radius 2 is 2.38 bits per heavy atom. The van der Waals surface area contributed by atoms with Crippen molar-refractivity contribution < 1.29 is 0 Å². The zero-order valence-electron chi connectivity index (χ0n) is 8.89. The van der Waals surface area contributed by atoms with Crippen molar-refractivity contribution in [2.24, 2.45) is 5.73 Å². The Hall–Kier alpha value is -1.20. The van der Waals surface area contributed by atoms with E-state index in [0.29, 0.717) is 5.92 Å². The summed E-state index contributed by atoms with van der Waals surface area (Å²) in [6, 6.07) is 4.29. The number of nitrogens with two attached hydrogens (primary N) is 1. The van der Waals surface area contributed by atoms with Gasteiger partial charge in [0.1, 0.15) is 5.82 Å². The number of thiophene rings is 1. The highest BCUT2D eigenvalue weighted by atomic mass is 32.1. The molecule has 0 spiro atoms. The highest BCUT2D eigenvalue weighted by Gasteiger charge is 2.28. The molecule has 1 fully saturated rings. The van der Waals surface area contributed by atoms with E-state index in [1.165, 1.54) is 6.42 Å². The molecule has 1 aliphatic rings. The Labute approximate surface area is 97.9 Å². The molecule has 0 aliphatic heterocycles. The minimum Gasteiger partial charge on any atom is -0.327 e. The van der Waals surface area contributed by atoms with Crippen molar-refractivity contribution in [3.63, 3.8) is 0 Å². The van der Waals surface area contributed by atoms with Crippen molar-refractivity contribution in [2.75, 3.05) is 0 Å². The van der Waals surface area contributed by atoms with Crippen LogP contribution in [0.2, 0.25) is 0 Å². The summed E-state index contributed by atoms with van der Waals surface area (Å²) in [5.74, 6) is 2.11. The second kappa shape index (κ2) is 3.99. The summed E-state index contributed by atoms with van der Waals surface area (Å²) in [6.07, 6.45) is 3.42. The van der Waals surface area contributed by atoms with Crippen LogP contribution in [0.5, 0.6) is 0 Å². The molecule has 0 saturated heterocycles. The molecule has 0 radical (unpaired) electrons. The van der Waals surface area contributed by atoms with Gasteiger partial charge in [-0.25, -0.2) is 4.98 Å². The third-order valence-corrected chi connectivity index (χ3v) is 4.03. The van der Waals surface area contributed by atoms with Crippen molar-refractivity contribution in [3.8, 4) is 10.7 Å². The lowest BCUT2D eigenvalue weighted by Gasteiger charge is -2.10. The molecule has 2 unspecified atom stereocenters. The number of nitrogens with one attached hydrogen (secondary N) is 1. The quantitative estimate of drug-likeness (QED) is 0.836. The molecule has 16 heavy (non-hydrogen) atoms. The van der Waals surface area contributed by atoms with Crippen LogP contribution in [0.25, 0.3) is 10.7 Å². The van der Waals surface area contributed by atoms with Crippen LogP contribution in [-0.2, 0) is 0 Å². The van der Waals surface area contributed by atoms with Crippen LogP contribution in [-0.4, -0.2) is 21.2 Å². The van der Waals surface area contributed by atoms with Gasteiger partial charge in [-0.3, -0.25) is 5.10 Å². The number of hydrogen-bond donors (Lipinski definition) is 2. The average molecular weight is 234 g/mol. The lowest BCUT2D eigenvalue weighted by Crippen LogP contribution is -2.23. The summed E-state index contributed by atoms with van der Waals surface area (Å²) in [5.41, 5.74) is 6.05. The predicted molar refractivity (Wildman–Crippen MR) is 64.3 cm³/mol. The van der Waals surface area contributed by atoms with Gasteiger partial charge in [0.2, 0.25) is 0 Å². The molecule has 0 bridgehead atoms. The summed E-state index contributed by atoms with van der Waals surface area (Å²) >= 11 is 1.66. The van der Waals surface area contributed by atoms with E-state index in [9.17, 15) is 0 Å². The SMILES string of the molecule is NC1CCCC1c1nc(-c2cccs2)n[nH]1. The fourth-order valence-electron chi connectivity index (χ4n) is 2.28. The maximum Gasteiger partial charge on any atom is 0.191 e. The van der Waals surface area contributed by atoms with Gasteiger partial charge in [0.05, 0.1) is 4.88 Å². The highest BCUT2D eigenvalue weighted by molar-refractivity contribution is 7.13. The highest BCUT2D eigenvalue weighted by Crippen LogP contribution is 2.32. The van der Waals surface area contributed by atoms with Gasteiger partial charge in [-0.2, -0.15) is 5.10 Å². The fourth-order valence-corrected chi connectivity index (χ4v) is 2.94.